The van der Waals surface area contributed by atoms with Crippen LogP contribution in [0.1, 0.15) is 32.1 Å². The lowest BCUT2D eigenvalue weighted by Gasteiger charge is -2.21. The van der Waals surface area contributed by atoms with Gasteiger partial charge in [0, 0.05) is 12.2 Å². The normalized spacial score (nSPS) is 15.9. The number of amides is 2. The lowest BCUT2D eigenvalue weighted by molar-refractivity contribution is 0.247. The van der Waals surface area contributed by atoms with Gasteiger partial charge in [-0.05, 0) is 62.8 Å². The molecule has 1 aliphatic carbocycles. The number of phenols is 1. The van der Waals surface area contributed by atoms with Crippen molar-refractivity contribution in [3.63, 3.8) is 0 Å². The number of carbonyl (C=O) groups is 1. The number of hydrogen-bond acceptors (Lipinski definition) is 2. The maximum Gasteiger partial charge on any atom is 0.319 e. The minimum atomic E-state index is -0.208. The van der Waals surface area contributed by atoms with Crippen molar-refractivity contribution in [1.82, 2.24) is 5.32 Å². The molecule has 0 aromatic heterocycles. The summed E-state index contributed by atoms with van der Waals surface area (Å²) in [5.74, 6) is 0.728. The molecule has 0 spiro atoms. The monoisotopic (exact) mass is 404 g/mol. The molecule has 20 heavy (non-hydrogen) atoms. The molecule has 0 aliphatic heterocycles. The molecule has 4 nitrogen and oxygen atoms in total. The van der Waals surface area contributed by atoms with Gasteiger partial charge in [-0.25, -0.2) is 4.79 Å². The van der Waals surface area contributed by atoms with E-state index in [-0.39, 0.29) is 11.8 Å². The van der Waals surface area contributed by atoms with E-state index in [0.29, 0.717) is 20.6 Å². The number of hydrogen-bond donors (Lipinski definition) is 3. The Labute approximate surface area is 135 Å². The molecule has 1 aromatic rings. The van der Waals surface area contributed by atoms with E-state index >= 15 is 0 Å². The molecule has 0 bridgehead atoms. The maximum absolute atomic E-state index is 11.8. The zero-order valence-electron chi connectivity index (χ0n) is 11.1. The maximum atomic E-state index is 11.8. The Morgan fingerprint density at radius 2 is 1.80 bits per heavy atom. The number of urea groups is 1. The molecule has 1 saturated carbocycles. The van der Waals surface area contributed by atoms with Crippen molar-refractivity contribution < 1.29 is 9.90 Å². The Morgan fingerprint density at radius 1 is 1.20 bits per heavy atom. The predicted octanol–water partition coefficient (Wildman–Crippen LogP) is 4.62. The fourth-order valence-electron chi connectivity index (χ4n) is 2.44. The van der Waals surface area contributed by atoms with E-state index < -0.39 is 0 Å². The molecule has 0 unspecified atom stereocenters. The first-order valence-electron chi connectivity index (χ1n) is 6.79. The Kier molecular flexibility index (Phi) is 5.72. The van der Waals surface area contributed by atoms with Crippen LogP contribution in [0.2, 0.25) is 0 Å². The van der Waals surface area contributed by atoms with Gasteiger partial charge < -0.3 is 15.7 Å². The number of halogens is 2. The van der Waals surface area contributed by atoms with Gasteiger partial charge in [-0.15, -0.1) is 0 Å². The summed E-state index contributed by atoms with van der Waals surface area (Å²) in [5, 5.41) is 15.3. The zero-order valence-corrected chi connectivity index (χ0v) is 14.3. The summed E-state index contributed by atoms with van der Waals surface area (Å²) < 4.78 is 1.07. The van der Waals surface area contributed by atoms with Crippen LogP contribution in [0.15, 0.2) is 21.1 Å². The van der Waals surface area contributed by atoms with Crippen LogP contribution in [0.3, 0.4) is 0 Å². The summed E-state index contributed by atoms with van der Waals surface area (Å²) in [6.45, 7) is 0.728. The second kappa shape index (κ2) is 7.31. The SMILES string of the molecule is O=C(NCC1CCCCC1)Nc1cc(Br)c(O)c(Br)c1. The van der Waals surface area contributed by atoms with Gasteiger partial charge in [-0.3, -0.25) is 0 Å². The highest BCUT2D eigenvalue weighted by Gasteiger charge is 2.14. The molecule has 0 heterocycles. The summed E-state index contributed by atoms with van der Waals surface area (Å²) in [6.07, 6.45) is 6.27. The predicted molar refractivity (Wildman–Crippen MR) is 87.1 cm³/mol. The molecule has 2 rings (SSSR count). The van der Waals surface area contributed by atoms with Gasteiger partial charge in [0.15, 0.2) is 0 Å². The third-order valence-corrected chi connectivity index (χ3v) is 4.76. The van der Waals surface area contributed by atoms with Gasteiger partial charge in [0.2, 0.25) is 0 Å². The molecule has 1 aromatic carbocycles. The zero-order chi connectivity index (χ0) is 14.5. The summed E-state index contributed by atoms with van der Waals surface area (Å²) in [6, 6.07) is 3.13. The molecule has 0 radical (unpaired) electrons. The molecule has 0 atom stereocenters. The minimum Gasteiger partial charge on any atom is -0.506 e. The average molecular weight is 406 g/mol. The van der Waals surface area contributed by atoms with Crippen molar-refractivity contribution in [3.05, 3.63) is 21.1 Å². The van der Waals surface area contributed by atoms with Crippen molar-refractivity contribution in [2.45, 2.75) is 32.1 Å². The molecule has 1 fully saturated rings. The number of anilines is 1. The van der Waals surface area contributed by atoms with E-state index in [2.05, 4.69) is 42.5 Å². The molecule has 6 heteroatoms. The van der Waals surface area contributed by atoms with Crippen LogP contribution in [-0.4, -0.2) is 17.7 Å². The number of carbonyl (C=O) groups excluding carboxylic acids is 1. The molecule has 0 saturated heterocycles. The number of nitrogens with one attached hydrogen (secondary N) is 2. The quantitative estimate of drug-likeness (QED) is 0.642. The van der Waals surface area contributed by atoms with Crippen LogP contribution in [0.4, 0.5) is 10.5 Å². The fraction of sp³-hybridized carbons (Fsp3) is 0.500. The Balaban J connectivity index is 1.84. The summed E-state index contributed by atoms with van der Waals surface area (Å²) in [5.41, 5.74) is 0.627. The van der Waals surface area contributed by atoms with Gasteiger partial charge in [0.1, 0.15) is 5.75 Å². The summed E-state index contributed by atoms with van der Waals surface area (Å²) >= 11 is 6.47. The van der Waals surface area contributed by atoms with Crippen LogP contribution in [0, 0.1) is 5.92 Å². The van der Waals surface area contributed by atoms with Crippen LogP contribution in [-0.2, 0) is 0 Å². The van der Waals surface area contributed by atoms with Crippen LogP contribution >= 0.6 is 31.9 Å². The van der Waals surface area contributed by atoms with Crippen LogP contribution in [0.5, 0.6) is 5.75 Å². The smallest absolute Gasteiger partial charge is 0.319 e. The van der Waals surface area contributed by atoms with Crippen molar-refractivity contribution >= 4 is 43.6 Å². The van der Waals surface area contributed by atoms with Crippen molar-refractivity contribution in [2.24, 2.45) is 5.92 Å². The van der Waals surface area contributed by atoms with E-state index in [0.717, 1.165) is 6.54 Å². The molecule has 110 valence electrons. The lowest BCUT2D eigenvalue weighted by Crippen LogP contribution is -2.33. The molecule has 2 amide bonds. The van der Waals surface area contributed by atoms with Gasteiger partial charge in [0.05, 0.1) is 8.95 Å². The summed E-state index contributed by atoms with van der Waals surface area (Å²) in [7, 11) is 0. The van der Waals surface area contributed by atoms with E-state index in [4.69, 9.17) is 0 Å². The lowest BCUT2D eigenvalue weighted by atomic mass is 9.89. The first-order chi connectivity index (χ1) is 9.56. The Hall–Kier alpha value is -0.750. The molecular formula is C14H18Br2N2O2. The van der Waals surface area contributed by atoms with Gasteiger partial charge in [-0.1, -0.05) is 19.3 Å². The van der Waals surface area contributed by atoms with Crippen LogP contribution < -0.4 is 10.6 Å². The van der Waals surface area contributed by atoms with E-state index in [1.165, 1.54) is 32.1 Å². The highest BCUT2D eigenvalue weighted by Crippen LogP contribution is 2.35. The second-order valence-electron chi connectivity index (χ2n) is 5.13. The third-order valence-electron chi connectivity index (χ3n) is 3.55. The molecule has 3 N–H and O–H groups in total. The fourth-order valence-corrected chi connectivity index (χ4v) is 3.63. The third kappa shape index (κ3) is 4.38. The Bertz CT molecular complexity index is 465. The van der Waals surface area contributed by atoms with Gasteiger partial charge >= 0.3 is 6.03 Å². The number of rotatable bonds is 3. The second-order valence-corrected chi connectivity index (χ2v) is 6.84. The first kappa shape index (κ1) is 15.6. The highest BCUT2D eigenvalue weighted by molar-refractivity contribution is 9.11. The van der Waals surface area contributed by atoms with E-state index in [1.54, 1.807) is 12.1 Å². The average Bonchev–Trinajstić information content (AvgIpc) is 2.43. The van der Waals surface area contributed by atoms with Gasteiger partial charge in [0.25, 0.3) is 0 Å². The van der Waals surface area contributed by atoms with Crippen LogP contribution in [0.25, 0.3) is 0 Å². The largest absolute Gasteiger partial charge is 0.506 e. The highest BCUT2D eigenvalue weighted by atomic mass is 79.9. The topological polar surface area (TPSA) is 61.4 Å². The first-order valence-corrected chi connectivity index (χ1v) is 8.37. The van der Waals surface area contributed by atoms with Crippen molar-refractivity contribution in [2.75, 3.05) is 11.9 Å². The standard InChI is InChI=1S/C14H18Br2N2O2/c15-11-6-10(7-12(16)13(11)19)18-14(20)17-8-9-4-2-1-3-5-9/h6-7,9,19H,1-5,8H2,(H2,17,18,20). The minimum absolute atomic E-state index is 0.123. The Morgan fingerprint density at radius 3 is 2.40 bits per heavy atom. The number of benzene rings is 1. The van der Waals surface area contributed by atoms with Crippen molar-refractivity contribution in [3.8, 4) is 5.75 Å². The molecular weight excluding hydrogens is 388 g/mol. The summed E-state index contributed by atoms with van der Waals surface area (Å²) in [4.78, 5) is 11.8. The van der Waals surface area contributed by atoms with Crippen molar-refractivity contribution in [1.29, 1.82) is 0 Å². The number of phenolic OH excluding ortho intramolecular Hbond substituents is 1. The number of aromatic hydroxyl groups is 1. The molecule has 1 aliphatic rings. The van der Waals surface area contributed by atoms with E-state index in [9.17, 15) is 9.90 Å². The van der Waals surface area contributed by atoms with Gasteiger partial charge in [-0.2, -0.15) is 0 Å². The van der Waals surface area contributed by atoms with E-state index in [1.807, 2.05) is 0 Å².